The molecule has 1 aliphatic heterocycles. The molecule has 140 valence electrons. The number of pyridine rings is 2. The average molecular weight is 387 g/mol. The van der Waals surface area contributed by atoms with E-state index in [2.05, 4.69) is 9.97 Å². The minimum absolute atomic E-state index is 0.108. The molecular weight excluding hydrogens is 371 g/mol. The number of hydrogen-bond acceptors (Lipinski definition) is 5. The topological polar surface area (TPSA) is 72.4 Å². The number of sulfonamides is 1. The number of hydrogen-bond donors (Lipinski definition) is 0. The van der Waals surface area contributed by atoms with Crippen molar-refractivity contribution in [1.29, 1.82) is 0 Å². The lowest BCUT2D eigenvalue weighted by atomic mass is 10.3. The Morgan fingerprint density at radius 2 is 1.92 bits per heavy atom. The summed E-state index contributed by atoms with van der Waals surface area (Å²) < 4.78 is 69.7. The first-order valence-electron chi connectivity index (χ1n) is 7.79. The van der Waals surface area contributed by atoms with Crippen LogP contribution in [0.1, 0.15) is 17.8 Å². The molecule has 3 rings (SSSR count). The quantitative estimate of drug-likeness (QED) is 0.807. The van der Waals surface area contributed by atoms with Gasteiger partial charge in [0.15, 0.2) is 0 Å². The zero-order valence-corrected chi connectivity index (χ0v) is 14.6. The van der Waals surface area contributed by atoms with Crippen LogP contribution in [-0.4, -0.2) is 41.9 Å². The van der Waals surface area contributed by atoms with Crippen LogP contribution in [0.15, 0.2) is 41.6 Å². The highest BCUT2D eigenvalue weighted by Crippen LogP contribution is 2.29. The number of halogens is 3. The van der Waals surface area contributed by atoms with Crippen LogP contribution in [0.5, 0.6) is 5.75 Å². The van der Waals surface area contributed by atoms with Gasteiger partial charge in [-0.2, -0.15) is 17.5 Å². The molecule has 0 radical (unpaired) electrons. The molecule has 2 aromatic heterocycles. The van der Waals surface area contributed by atoms with E-state index in [1.165, 1.54) is 4.31 Å². The molecule has 0 N–H and O–H groups in total. The highest BCUT2D eigenvalue weighted by Gasteiger charge is 2.36. The van der Waals surface area contributed by atoms with E-state index in [0.29, 0.717) is 18.2 Å². The molecule has 26 heavy (non-hydrogen) atoms. The van der Waals surface area contributed by atoms with Gasteiger partial charge in [0.25, 0.3) is 0 Å². The van der Waals surface area contributed by atoms with E-state index in [1.807, 2.05) is 6.92 Å². The van der Waals surface area contributed by atoms with Crippen LogP contribution in [0.25, 0.3) is 0 Å². The Kier molecular flexibility index (Phi) is 4.89. The summed E-state index contributed by atoms with van der Waals surface area (Å²) in [7, 11) is -3.93. The molecule has 0 spiro atoms. The highest BCUT2D eigenvalue weighted by atomic mass is 32.2. The molecule has 1 fully saturated rings. The van der Waals surface area contributed by atoms with Crippen LogP contribution in [0, 0.1) is 6.92 Å². The molecule has 1 aliphatic rings. The Labute approximate surface area is 148 Å². The van der Waals surface area contributed by atoms with E-state index in [-0.39, 0.29) is 24.1 Å². The predicted molar refractivity (Wildman–Crippen MR) is 86.0 cm³/mol. The first-order valence-corrected chi connectivity index (χ1v) is 9.23. The summed E-state index contributed by atoms with van der Waals surface area (Å²) in [5.41, 5.74) is -0.297. The molecule has 0 aromatic carbocycles. The monoisotopic (exact) mass is 387 g/mol. The SMILES string of the molecule is Cc1ccc(O[C@H]2CCN(S(=O)(=O)c3ccc(C(F)(F)F)nc3)C2)cn1. The van der Waals surface area contributed by atoms with E-state index in [1.54, 1.807) is 18.3 Å². The van der Waals surface area contributed by atoms with E-state index in [9.17, 15) is 21.6 Å². The molecule has 1 saturated heterocycles. The molecular formula is C16H16F3N3O3S. The highest BCUT2D eigenvalue weighted by molar-refractivity contribution is 7.89. The van der Waals surface area contributed by atoms with Gasteiger partial charge in [-0.05, 0) is 37.6 Å². The minimum Gasteiger partial charge on any atom is -0.487 e. The van der Waals surface area contributed by atoms with Crippen molar-refractivity contribution in [2.24, 2.45) is 0 Å². The Morgan fingerprint density at radius 3 is 2.50 bits per heavy atom. The fourth-order valence-corrected chi connectivity index (χ4v) is 4.01. The van der Waals surface area contributed by atoms with Crippen LogP contribution in [0.2, 0.25) is 0 Å². The zero-order chi connectivity index (χ0) is 18.9. The molecule has 6 nitrogen and oxygen atoms in total. The van der Waals surface area contributed by atoms with Gasteiger partial charge in [-0.15, -0.1) is 0 Å². The summed E-state index contributed by atoms with van der Waals surface area (Å²) in [4.78, 5) is 7.05. The second-order valence-electron chi connectivity index (χ2n) is 5.90. The number of aryl methyl sites for hydroxylation is 1. The second kappa shape index (κ2) is 6.84. The van der Waals surface area contributed by atoms with Gasteiger partial charge in [0.2, 0.25) is 10.0 Å². The molecule has 0 bridgehead atoms. The smallest absolute Gasteiger partial charge is 0.433 e. The summed E-state index contributed by atoms with van der Waals surface area (Å²) >= 11 is 0. The van der Waals surface area contributed by atoms with E-state index in [0.717, 1.165) is 18.0 Å². The number of ether oxygens (including phenoxy) is 1. The van der Waals surface area contributed by atoms with Crippen molar-refractivity contribution in [2.45, 2.75) is 30.5 Å². The summed E-state index contributed by atoms with van der Waals surface area (Å²) in [6, 6.07) is 5.12. The summed E-state index contributed by atoms with van der Waals surface area (Å²) in [6.45, 7) is 2.16. The van der Waals surface area contributed by atoms with Gasteiger partial charge in [-0.25, -0.2) is 8.42 Å². The largest absolute Gasteiger partial charge is 0.487 e. The predicted octanol–water partition coefficient (Wildman–Crippen LogP) is 2.65. The molecule has 0 amide bonds. The number of alkyl halides is 3. The third kappa shape index (κ3) is 3.96. The minimum atomic E-state index is -4.61. The average Bonchev–Trinajstić information content (AvgIpc) is 3.06. The molecule has 0 aliphatic carbocycles. The molecule has 3 heterocycles. The molecule has 1 atom stereocenters. The van der Waals surface area contributed by atoms with Gasteiger partial charge >= 0.3 is 6.18 Å². The molecule has 0 unspecified atom stereocenters. The Morgan fingerprint density at radius 1 is 1.15 bits per heavy atom. The first-order chi connectivity index (χ1) is 12.2. The van der Waals surface area contributed by atoms with Crippen LogP contribution < -0.4 is 4.74 Å². The maximum Gasteiger partial charge on any atom is 0.433 e. The van der Waals surface area contributed by atoms with Gasteiger partial charge in [0.1, 0.15) is 22.4 Å². The van der Waals surface area contributed by atoms with E-state index < -0.39 is 21.9 Å². The van der Waals surface area contributed by atoms with Crippen LogP contribution in [-0.2, 0) is 16.2 Å². The van der Waals surface area contributed by atoms with Crippen molar-refractivity contribution in [2.75, 3.05) is 13.1 Å². The molecule has 10 heteroatoms. The van der Waals surface area contributed by atoms with Crippen molar-refractivity contribution >= 4 is 10.0 Å². The lowest BCUT2D eigenvalue weighted by Gasteiger charge is -2.17. The van der Waals surface area contributed by atoms with Crippen molar-refractivity contribution in [1.82, 2.24) is 14.3 Å². The van der Waals surface area contributed by atoms with Crippen molar-refractivity contribution in [3.05, 3.63) is 48.0 Å². The fraction of sp³-hybridized carbons (Fsp3) is 0.375. The third-order valence-electron chi connectivity index (χ3n) is 3.96. The van der Waals surface area contributed by atoms with Crippen LogP contribution in [0.4, 0.5) is 13.2 Å². The summed E-state index contributed by atoms with van der Waals surface area (Å²) in [5, 5.41) is 0. The van der Waals surface area contributed by atoms with Crippen LogP contribution >= 0.6 is 0 Å². The Hall–Kier alpha value is -2.20. The third-order valence-corrected chi connectivity index (χ3v) is 5.81. The standard InChI is InChI=1S/C16H16F3N3O3S/c1-11-2-3-12(8-20-11)25-13-6-7-22(10-13)26(23,24)14-4-5-15(21-9-14)16(17,18)19/h2-5,8-9,13H,6-7,10H2,1H3/t13-/m0/s1. The lowest BCUT2D eigenvalue weighted by Crippen LogP contribution is -2.31. The van der Waals surface area contributed by atoms with Gasteiger partial charge < -0.3 is 4.74 Å². The molecule has 2 aromatic rings. The van der Waals surface area contributed by atoms with E-state index in [4.69, 9.17) is 4.74 Å². The van der Waals surface area contributed by atoms with Crippen LogP contribution in [0.3, 0.4) is 0 Å². The maximum absolute atomic E-state index is 12.6. The summed E-state index contributed by atoms with van der Waals surface area (Å²) in [6.07, 6.45) is -2.20. The lowest BCUT2D eigenvalue weighted by molar-refractivity contribution is -0.141. The van der Waals surface area contributed by atoms with Gasteiger partial charge in [0.05, 0.1) is 12.7 Å². The Bertz CT molecular complexity index is 868. The number of nitrogens with zero attached hydrogens (tertiary/aromatic N) is 3. The van der Waals surface area contributed by atoms with Gasteiger partial charge in [-0.3, -0.25) is 9.97 Å². The van der Waals surface area contributed by atoms with Crippen molar-refractivity contribution in [3.63, 3.8) is 0 Å². The Balaban J connectivity index is 1.69. The van der Waals surface area contributed by atoms with Gasteiger partial charge in [0, 0.05) is 18.4 Å². The van der Waals surface area contributed by atoms with E-state index >= 15 is 0 Å². The zero-order valence-electron chi connectivity index (χ0n) is 13.8. The second-order valence-corrected chi connectivity index (χ2v) is 7.84. The van der Waals surface area contributed by atoms with Crippen molar-refractivity contribution < 1.29 is 26.3 Å². The number of rotatable bonds is 4. The fourth-order valence-electron chi connectivity index (χ4n) is 2.58. The van der Waals surface area contributed by atoms with Gasteiger partial charge in [-0.1, -0.05) is 0 Å². The maximum atomic E-state index is 12.6. The summed E-state index contributed by atoms with van der Waals surface area (Å²) in [5.74, 6) is 0.538. The number of aromatic nitrogens is 2. The normalized spacial score (nSPS) is 18.8. The van der Waals surface area contributed by atoms with Crippen molar-refractivity contribution in [3.8, 4) is 5.75 Å². The molecule has 0 saturated carbocycles. The first kappa shape index (κ1) is 18.6.